The molecule has 2 aromatic carbocycles. The Hall–Kier alpha value is -2.01. The third-order valence-electron chi connectivity index (χ3n) is 3.61. The fraction of sp³-hybridized carbons (Fsp3) is 0.250. The molecular weight excluding hydrogens is 279 g/mol. The van der Waals surface area contributed by atoms with Gasteiger partial charge in [0.15, 0.2) is 0 Å². The summed E-state index contributed by atoms with van der Waals surface area (Å²) in [7, 11) is 0. The maximum absolute atomic E-state index is 12.6. The molecule has 0 fully saturated rings. The molecule has 0 spiro atoms. The molecule has 0 aromatic heterocycles. The molecule has 0 bridgehead atoms. The number of ether oxygens (including phenoxy) is 1. The van der Waals surface area contributed by atoms with Gasteiger partial charge in [-0.2, -0.15) is 13.2 Å². The Balaban J connectivity index is 1.98. The molecule has 1 aliphatic heterocycles. The van der Waals surface area contributed by atoms with E-state index in [2.05, 4.69) is 0 Å². The van der Waals surface area contributed by atoms with Crippen LogP contribution in [-0.2, 0) is 12.6 Å². The van der Waals surface area contributed by atoms with E-state index in [1.54, 1.807) is 0 Å². The highest BCUT2D eigenvalue weighted by Crippen LogP contribution is 2.39. The van der Waals surface area contributed by atoms with Crippen molar-refractivity contribution in [3.63, 3.8) is 0 Å². The van der Waals surface area contributed by atoms with E-state index in [-0.39, 0.29) is 6.10 Å². The van der Waals surface area contributed by atoms with Gasteiger partial charge in [0, 0.05) is 18.5 Å². The van der Waals surface area contributed by atoms with Gasteiger partial charge in [-0.15, -0.1) is 0 Å². The molecule has 0 radical (unpaired) electrons. The number of fused-ring (bicyclic) bond motifs is 1. The van der Waals surface area contributed by atoms with E-state index < -0.39 is 11.7 Å². The van der Waals surface area contributed by atoms with Gasteiger partial charge in [-0.25, -0.2) is 0 Å². The van der Waals surface area contributed by atoms with Crippen LogP contribution in [0.1, 0.15) is 11.1 Å². The maximum atomic E-state index is 12.6. The van der Waals surface area contributed by atoms with Crippen LogP contribution in [0.25, 0.3) is 11.1 Å². The first-order chi connectivity index (χ1) is 9.99. The number of benzene rings is 2. The molecule has 0 unspecified atom stereocenters. The predicted octanol–water partition coefficient (Wildman–Crippen LogP) is 3.63. The SMILES string of the molecule is NC[C@H]1Cc2cccc(-c3ccc(C(F)(F)F)cc3)c2O1. The van der Waals surface area contributed by atoms with E-state index in [1.807, 2.05) is 18.2 Å². The first kappa shape index (κ1) is 13.9. The Labute approximate surface area is 120 Å². The standard InChI is InChI=1S/C16H14F3NO/c17-16(18,19)12-6-4-10(5-7-12)14-3-1-2-11-8-13(9-20)21-15(11)14/h1-7,13H,8-9,20H2/t13-/m1/s1. The molecule has 110 valence electrons. The molecule has 1 heterocycles. The number of nitrogens with two attached hydrogens (primary N) is 1. The molecule has 0 amide bonds. The summed E-state index contributed by atoms with van der Waals surface area (Å²) in [4.78, 5) is 0. The van der Waals surface area contributed by atoms with Crippen LogP contribution in [-0.4, -0.2) is 12.6 Å². The Morgan fingerprint density at radius 2 is 1.81 bits per heavy atom. The highest BCUT2D eigenvalue weighted by Gasteiger charge is 2.30. The van der Waals surface area contributed by atoms with Crippen molar-refractivity contribution in [2.24, 2.45) is 5.73 Å². The zero-order valence-corrected chi connectivity index (χ0v) is 11.2. The molecule has 1 atom stereocenters. The van der Waals surface area contributed by atoms with E-state index in [1.165, 1.54) is 12.1 Å². The molecule has 2 N–H and O–H groups in total. The summed E-state index contributed by atoms with van der Waals surface area (Å²) < 4.78 is 43.6. The first-order valence-corrected chi connectivity index (χ1v) is 6.65. The lowest BCUT2D eigenvalue weighted by atomic mass is 9.99. The fourth-order valence-electron chi connectivity index (χ4n) is 2.54. The number of para-hydroxylation sites is 1. The summed E-state index contributed by atoms with van der Waals surface area (Å²) in [5.74, 6) is 0.729. The summed E-state index contributed by atoms with van der Waals surface area (Å²) in [6.07, 6.45) is -3.64. The maximum Gasteiger partial charge on any atom is 0.416 e. The minimum absolute atomic E-state index is 0.0596. The van der Waals surface area contributed by atoms with Crippen molar-refractivity contribution in [3.05, 3.63) is 53.6 Å². The second-order valence-electron chi connectivity index (χ2n) is 5.05. The van der Waals surface area contributed by atoms with Crippen LogP contribution in [0.5, 0.6) is 5.75 Å². The van der Waals surface area contributed by atoms with Crippen LogP contribution in [0.4, 0.5) is 13.2 Å². The monoisotopic (exact) mass is 293 g/mol. The Bertz CT molecular complexity index is 650. The molecule has 2 aromatic rings. The molecule has 0 aliphatic carbocycles. The third kappa shape index (κ3) is 2.61. The topological polar surface area (TPSA) is 35.2 Å². The van der Waals surface area contributed by atoms with Gasteiger partial charge >= 0.3 is 6.18 Å². The quantitative estimate of drug-likeness (QED) is 0.917. The van der Waals surface area contributed by atoms with Crippen LogP contribution in [0.3, 0.4) is 0 Å². The Kier molecular flexibility index (Phi) is 3.37. The van der Waals surface area contributed by atoms with E-state index in [9.17, 15) is 13.2 Å². The summed E-state index contributed by atoms with van der Waals surface area (Å²) in [5, 5.41) is 0. The van der Waals surface area contributed by atoms with Gasteiger partial charge in [-0.05, 0) is 23.3 Å². The summed E-state index contributed by atoms with van der Waals surface area (Å²) in [6.45, 7) is 0.418. The lowest BCUT2D eigenvalue weighted by Crippen LogP contribution is -2.24. The zero-order chi connectivity index (χ0) is 15.0. The smallest absolute Gasteiger partial charge is 0.416 e. The van der Waals surface area contributed by atoms with Crippen LogP contribution in [0.15, 0.2) is 42.5 Å². The Morgan fingerprint density at radius 3 is 2.43 bits per heavy atom. The van der Waals surface area contributed by atoms with E-state index in [0.29, 0.717) is 12.1 Å². The number of hydrogen-bond donors (Lipinski definition) is 1. The van der Waals surface area contributed by atoms with Gasteiger partial charge < -0.3 is 10.5 Å². The normalized spacial score (nSPS) is 17.4. The molecule has 1 aliphatic rings. The average molecular weight is 293 g/mol. The molecule has 21 heavy (non-hydrogen) atoms. The Morgan fingerprint density at radius 1 is 1.10 bits per heavy atom. The highest BCUT2D eigenvalue weighted by molar-refractivity contribution is 5.73. The van der Waals surface area contributed by atoms with Gasteiger partial charge in [0.05, 0.1) is 5.56 Å². The van der Waals surface area contributed by atoms with Crippen LogP contribution in [0, 0.1) is 0 Å². The molecule has 0 saturated heterocycles. The van der Waals surface area contributed by atoms with Gasteiger partial charge in [-0.1, -0.05) is 30.3 Å². The predicted molar refractivity (Wildman–Crippen MR) is 74.1 cm³/mol. The first-order valence-electron chi connectivity index (χ1n) is 6.65. The summed E-state index contributed by atoms with van der Waals surface area (Å²) in [5.41, 5.74) is 7.52. The van der Waals surface area contributed by atoms with Crippen molar-refractivity contribution >= 4 is 0 Å². The average Bonchev–Trinajstić information content (AvgIpc) is 2.89. The van der Waals surface area contributed by atoms with Crippen molar-refractivity contribution in [2.75, 3.05) is 6.54 Å². The summed E-state index contributed by atoms with van der Waals surface area (Å²) >= 11 is 0. The molecule has 5 heteroatoms. The molecule has 2 nitrogen and oxygen atoms in total. The largest absolute Gasteiger partial charge is 0.488 e. The van der Waals surface area contributed by atoms with E-state index in [4.69, 9.17) is 10.5 Å². The number of hydrogen-bond acceptors (Lipinski definition) is 2. The van der Waals surface area contributed by atoms with Gasteiger partial charge in [0.2, 0.25) is 0 Å². The number of halogens is 3. The minimum Gasteiger partial charge on any atom is -0.488 e. The summed E-state index contributed by atoms with van der Waals surface area (Å²) in [6, 6.07) is 10.8. The van der Waals surface area contributed by atoms with Crippen molar-refractivity contribution < 1.29 is 17.9 Å². The molecule has 3 rings (SSSR count). The molecular formula is C16H14F3NO. The minimum atomic E-state index is -4.32. The lowest BCUT2D eigenvalue weighted by molar-refractivity contribution is -0.137. The fourth-order valence-corrected chi connectivity index (χ4v) is 2.54. The number of alkyl halides is 3. The second kappa shape index (κ2) is 5.07. The highest BCUT2D eigenvalue weighted by atomic mass is 19.4. The second-order valence-corrected chi connectivity index (χ2v) is 5.05. The van der Waals surface area contributed by atoms with Crippen molar-refractivity contribution in [1.82, 2.24) is 0 Å². The van der Waals surface area contributed by atoms with Gasteiger partial charge in [0.1, 0.15) is 11.9 Å². The van der Waals surface area contributed by atoms with Crippen molar-refractivity contribution in [3.8, 4) is 16.9 Å². The van der Waals surface area contributed by atoms with E-state index in [0.717, 1.165) is 35.4 Å². The van der Waals surface area contributed by atoms with Crippen LogP contribution in [0.2, 0.25) is 0 Å². The number of rotatable bonds is 2. The van der Waals surface area contributed by atoms with Gasteiger partial charge in [0.25, 0.3) is 0 Å². The van der Waals surface area contributed by atoms with Crippen molar-refractivity contribution in [1.29, 1.82) is 0 Å². The lowest BCUT2D eigenvalue weighted by Gasteiger charge is -2.12. The molecule has 0 saturated carbocycles. The van der Waals surface area contributed by atoms with Gasteiger partial charge in [-0.3, -0.25) is 0 Å². The van der Waals surface area contributed by atoms with Crippen LogP contribution >= 0.6 is 0 Å². The van der Waals surface area contributed by atoms with Crippen LogP contribution < -0.4 is 10.5 Å². The zero-order valence-electron chi connectivity index (χ0n) is 11.2. The van der Waals surface area contributed by atoms with Crippen molar-refractivity contribution in [2.45, 2.75) is 18.7 Å². The third-order valence-corrected chi connectivity index (χ3v) is 3.61. The van der Waals surface area contributed by atoms with E-state index >= 15 is 0 Å².